The molecule has 1 heterocycles. The Kier molecular flexibility index (Phi) is 4.80. The number of hydrogen-bond donors (Lipinski definition) is 1. The normalized spacial score (nSPS) is 12.7. The molecule has 0 spiro atoms. The fraction of sp³-hybridized carbons (Fsp3) is 0.643. The van der Waals surface area contributed by atoms with Crippen molar-refractivity contribution in [3.63, 3.8) is 0 Å². The minimum absolute atomic E-state index is 0.172. The van der Waals surface area contributed by atoms with E-state index >= 15 is 0 Å². The number of aromatic nitrogens is 1. The van der Waals surface area contributed by atoms with Gasteiger partial charge in [0.25, 0.3) is 0 Å². The van der Waals surface area contributed by atoms with Crippen molar-refractivity contribution in [1.82, 2.24) is 4.57 Å². The molecule has 0 aliphatic heterocycles. The molecule has 0 fully saturated rings. The van der Waals surface area contributed by atoms with Crippen LogP contribution in [0.1, 0.15) is 43.6 Å². The summed E-state index contributed by atoms with van der Waals surface area (Å²) in [5.74, 6) is 0.960. The van der Waals surface area contributed by atoms with Gasteiger partial charge in [0.15, 0.2) is 0 Å². The maximum atomic E-state index is 9.16. The van der Waals surface area contributed by atoms with Crippen molar-refractivity contribution >= 4 is 5.82 Å². The number of nitrogens with zero attached hydrogens (tertiary/aromatic N) is 2. The van der Waals surface area contributed by atoms with Gasteiger partial charge < -0.3 is 15.0 Å². The van der Waals surface area contributed by atoms with Crippen LogP contribution in [0.2, 0.25) is 0 Å². The van der Waals surface area contributed by atoms with Crippen LogP contribution in [0, 0.1) is 31.1 Å². The molecule has 1 atom stereocenters. The smallest absolute Gasteiger partial charge is 0.122 e. The molecule has 1 aromatic heterocycles. The predicted molar refractivity (Wildman–Crippen MR) is 73.4 cm³/mol. The molecule has 0 amide bonds. The van der Waals surface area contributed by atoms with Crippen LogP contribution in [0.5, 0.6) is 0 Å². The van der Waals surface area contributed by atoms with Gasteiger partial charge in [-0.25, -0.2) is 0 Å². The van der Waals surface area contributed by atoms with Crippen LogP contribution in [0.4, 0.5) is 5.82 Å². The van der Waals surface area contributed by atoms with E-state index < -0.39 is 0 Å². The molecule has 2 N–H and O–H groups in total. The van der Waals surface area contributed by atoms with Crippen LogP contribution in [0.15, 0.2) is 0 Å². The van der Waals surface area contributed by atoms with Crippen LogP contribution < -0.4 is 5.73 Å². The van der Waals surface area contributed by atoms with Crippen molar-refractivity contribution in [3.8, 4) is 6.07 Å². The molecule has 0 radical (unpaired) electrons. The van der Waals surface area contributed by atoms with E-state index in [2.05, 4.69) is 19.9 Å². The van der Waals surface area contributed by atoms with Gasteiger partial charge in [-0.3, -0.25) is 0 Å². The first-order valence-corrected chi connectivity index (χ1v) is 6.40. The summed E-state index contributed by atoms with van der Waals surface area (Å²) in [5, 5.41) is 9.16. The second-order valence-corrected chi connectivity index (χ2v) is 4.92. The first kappa shape index (κ1) is 14.6. The molecule has 1 aromatic rings. The van der Waals surface area contributed by atoms with E-state index in [4.69, 9.17) is 15.7 Å². The van der Waals surface area contributed by atoms with Gasteiger partial charge in [-0.1, -0.05) is 13.8 Å². The van der Waals surface area contributed by atoms with Crippen molar-refractivity contribution in [2.75, 3.05) is 18.9 Å². The van der Waals surface area contributed by atoms with Crippen molar-refractivity contribution < 1.29 is 4.74 Å². The Labute approximate surface area is 109 Å². The zero-order valence-electron chi connectivity index (χ0n) is 11.9. The highest BCUT2D eigenvalue weighted by Crippen LogP contribution is 2.31. The summed E-state index contributed by atoms with van der Waals surface area (Å²) in [7, 11) is 0. The number of ether oxygens (including phenoxy) is 1. The van der Waals surface area contributed by atoms with Gasteiger partial charge in [0.2, 0.25) is 0 Å². The van der Waals surface area contributed by atoms with E-state index in [9.17, 15) is 0 Å². The van der Waals surface area contributed by atoms with Gasteiger partial charge in [0.1, 0.15) is 11.9 Å². The third-order valence-corrected chi connectivity index (χ3v) is 3.50. The minimum Gasteiger partial charge on any atom is -0.384 e. The molecule has 0 bridgehead atoms. The summed E-state index contributed by atoms with van der Waals surface area (Å²) >= 11 is 0. The highest BCUT2D eigenvalue weighted by molar-refractivity contribution is 5.58. The van der Waals surface area contributed by atoms with Crippen LogP contribution in [-0.2, 0) is 4.74 Å². The number of anilines is 1. The van der Waals surface area contributed by atoms with Crippen LogP contribution in [0.25, 0.3) is 0 Å². The molecule has 0 saturated carbocycles. The second-order valence-electron chi connectivity index (χ2n) is 4.92. The molecule has 100 valence electrons. The molecule has 1 rings (SSSR count). The Morgan fingerprint density at radius 3 is 2.39 bits per heavy atom. The zero-order chi connectivity index (χ0) is 13.9. The third kappa shape index (κ3) is 2.51. The lowest BCUT2D eigenvalue weighted by molar-refractivity contribution is 0.0966. The molecular formula is C14H23N3O. The van der Waals surface area contributed by atoms with E-state index in [1.807, 2.05) is 25.3 Å². The molecule has 0 aliphatic rings. The fourth-order valence-corrected chi connectivity index (χ4v) is 2.23. The van der Waals surface area contributed by atoms with Gasteiger partial charge in [-0.15, -0.1) is 0 Å². The SMILES string of the molecule is CCOCC(C(C)C)n1c(C)c(C)c(C#N)c1N. The fourth-order valence-electron chi connectivity index (χ4n) is 2.23. The lowest BCUT2D eigenvalue weighted by Gasteiger charge is -2.25. The first-order chi connectivity index (χ1) is 8.45. The number of rotatable bonds is 5. The maximum absolute atomic E-state index is 9.16. The quantitative estimate of drug-likeness (QED) is 0.872. The number of nitrogens with two attached hydrogens (primary N) is 1. The molecule has 4 heteroatoms. The van der Waals surface area contributed by atoms with Gasteiger partial charge in [-0.2, -0.15) is 5.26 Å². The first-order valence-electron chi connectivity index (χ1n) is 6.40. The summed E-state index contributed by atoms with van der Waals surface area (Å²) in [5.41, 5.74) is 8.73. The lowest BCUT2D eigenvalue weighted by atomic mass is 10.0. The van der Waals surface area contributed by atoms with E-state index in [1.165, 1.54) is 0 Å². The molecule has 18 heavy (non-hydrogen) atoms. The van der Waals surface area contributed by atoms with Crippen molar-refractivity contribution in [3.05, 3.63) is 16.8 Å². The Morgan fingerprint density at radius 1 is 1.39 bits per heavy atom. The number of hydrogen-bond acceptors (Lipinski definition) is 3. The maximum Gasteiger partial charge on any atom is 0.122 e. The van der Waals surface area contributed by atoms with Crippen LogP contribution >= 0.6 is 0 Å². The van der Waals surface area contributed by atoms with Crippen LogP contribution in [0.3, 0.4) is 0 Å². The van der Waals surface area contributed by atoms with Gasteiger partial charge >= 0.3 is 0 Å². The van der Waals surface area contributed by atoms with Crippen LogP contribution in [-0.4, -0.2) is 17.8 Å². The predicted octanol–water partition coefficient (Wildman–Crippen LogP) is 2.79. The van der Waals surface area contributed by atoms with Gasteiger partial charge in [0, 0.05) is 12.3 Å². The molecule has 0 aliphatic carbocycles. The van der Waals surface area contributed by atoms with Crippen molar-refractivity contribution in [2.45, 2.75) is 40.7 Å². The summed E-state index contributed by atoms with van der Waals surface area (Å²) in [6.07, 6.45) is 0. The number of nitrogen functional groups attached to an aromatic ring is 1. The zero-order valence-corrected chi connectivity index (χ0v) is 11.9. The van der Waals surface area contributed by atoms with E-state index in [-0.39, 0.29) is 6.04 Å². The Morgan fingerprint density at radius 2 is 2.00 bits per heavy atom. The van der Waals surface area contributed by atoms with E-state index in [0.29, 0.717) is 30.5 Å². The van der Waals surface area contributed by atoms with E-state index in [0.717, 1.165) is 11.3 Å². The average molecular weight is 249 g/mol. The molecular weight excluding hydrogens is 226 g/mol. The van der Waals surface area contributed by atoms with E-state index in [1.54, 1.807) is 0 Å². The molecule has 0 saturated heterocycles. The standard InChI is InChI=1S/C14H23N3O/c1-6-18-8-13(9(2)3)17-11(5)10(4)12(7-15)14(17)16/h9,13H,6,8,16H2,1-5H3. The third-order valence-electron chi connectivity index (χ3n) is 3.50. The molecule has 1 unspecified atom stereocenters. The minimum atomic E-state index is 0.172. The molecule has 0 aromatic carbocycles. The Hall–Kier alpha value is -1.47. The largest absolute Gasteiger partial charge is 0.384 e. The van der Waals surface area contributed by atoms with Gasteiger partial charge in [-0.05, 0) is 32.3 Å². The summed E-state index contributed by atoms with van der Waals surface area (Å²) < 4.78 is 7.59. The second kappa shape index (κ2) is 5.92. The lowest BCUT2D eigenvalue weighted by Crippen LogP contribution is -2.23. The Bertz CT molecular complexity index is 455. The van der Waals surface area contributed by atoms with Crippen molar-refractivity contribution in [1.29, 1.82) is 5.26 Å². The topological polar surface area (TPSA) is 64.0 Å². The highest BCUT2D eigenvalue weighted by Gasteiger charge is 2.23. The average Bonchev–Trinajstić information content (AvgIpc) is 2.53. The summed E-state index contributed by atoms with van der Waals surface area (Å²) in [6.45, 7) is 11.5. The summed E-state index contributed by atoms with van der Waals surface area (Å²) in [6, 6.07) is 2.36. The highest BCUT2D eigenvalue weighted by atomic mass is 16.5. The van der Waals surface area contributed by atoms with Crippen molar-refractivity contribution in [2.24, 2.45) is 5.92 Å². The Balaban J connectivity index is 3.25. The number of nitriles is 1. The molecule has 4 nitrogen and oxygen atoms in total. The monoisotopic (exact) mass is 249 g/mol. The summed E-state index contributed by atoms with van der Waals surface area (Å²) in [4.78, 5) is 0. The van der Waals surface area contributed by atoms with Gasteiger partial charge in [0.05, 0.1) is 18.2 Å².